The molecule has 5 nitrogen and oxygen atoms in total. The molecule has 126 valence electrons. The number of imide groups is 1. The predicted octanol–water partition coefficient (Wildman–Crippen LogP) is 1.83. The van der Waals surface area contributed by atoms with E-state index in [1.165, 1.54) is 4.90 Å². The molecule has 2 fully saturated rings. The Labute approximate surface area is 137 Å². The van der Waals surface area contributed by atoms with Gasteiger partial charge in [0.05, 0.1) is 11.8 Å². The van der Waals surface area contributed by atoms with E-state index >= 15 is 0 Å². The summed E-state index contributed by atoms with van der Waals surface area (Å²) >= 11 is 0. The molecule has 4 rings (SSSR count). The van der Waals surface area contributed by atoms with Crippen LogP contribution in [0.1, 0.15) is 40.0 Å². The third-order valence-electron chi connectivity index (χ3n) is 5.85. The maximum atomic E-state index is 12.9. The van der Waals surface area contributed by atoms with Crippen molar-refractivity contribution in [2.45, 2.75) is 46.1 Å². The van der Waals surface area contributed by atoms with Crippen molar-refractivity contribution in [3.63, 3.8) is 0 Å². The lowest BCUT2D eigenvalue weighted by molar-refractivity contribution is -0.151. The van der Waals surface area contributed by atoms with Crippen LogP contribution < -0.4 is 0 Å². The first-order valence-corrected chi connectivity index (χ1v) is 8.89. The lowest BCUT2D eigenvalue weighted by atomic mass is 9.63. The first-order chi connectivity index (χ1) is 11.0. The number of amides is 3. The Bertz CT molecular complexity index is 520. The number of nitrogens with zero attached hydrogens (tertiary/aromatic N) is 2. The van der Waals surface area contributed by atoms with Crippen molar-refractivity contribution >= 4 is 17.7 Å². The summed E-state index contributed by atoms with van der Waals surface area (Å²) in [6.45, 7) is 6.92. The molecule has 3 amide bonds. The highest BCUT2D eigenvalue weighted by Crippen LogP contribution is 2.50. The van der Waals surface area contributed by atoms with Crippen LogP contribution in [-0.4, -0.2) is 46.7 Å². The van der Waals surface area contributed by atoms with Crippen LogP contribution in [0.3, 0.4) is 0 Å². The largest absolute Gasteiger partial charge is 0.341 e. The molecular formula is C18H26N2O3. The average Bonchev–Trinajstić information content (AvgIpc) is 2.85. The summed E-state index contributed by atoms with van der Waals surface area (Å²) in [7, 11) is 0. The Hall–Kier alpha value is -1.65. The molecule has 0 unspecified atom stereocenters. The lowest BCUT2D eigenvalue weighted by Crippen LogP contribution is -2.51. The molecule has 5 atom stereocenters. The molecule has 4 aliphatic rings. The van der Waals surface area contributed by atoms with Crippen LogP contribution in [0.25, 0.3) is 0 Å². The van der Waals surface area contributed by atoms with Gasteiger partial charge in [-0.05, 0) is 44.9 Å². The summed E-state index contributed by atoms with van der Waals surface area (Å²) in [6, 6.07) is -0.639. The maximum Gasteiger partial charge on any atom is 0.245 e. The number of likely N-dealkylation sites (tertiary alicyclic amines) is 1. The zero-order valence-electron chi connectivity index (χ0n) is 14.2. The highest BCUT2D eigenvalue weighted by molar-refractivity contribution is 6.09. The molecule has 5 heteroatoms. The molecule has 0 radical (unpaired) electrons. The number of fused-ring (bicyclic) bond motifs is 1. The van der Waals surface area contributed by atoms with Gasteiger partial charge < -0.3 is 4.90 Å². The van der Waals surface area contributed by atoms with Crippen molar-refractivity contribution in [1.82, 2.24) is 9.80 Å². The minimum absolute atomic E-state index is 0.0989. The first kappa shape index (κ1) is 16.2. The van der Waals surface area contributed by atoms with Gasteiger partial charge in [0.15, 0.2) is 0 Å². The van der Waals surface area contributed by atoms with Crippen molar-refractivity contribution < 1.29 is 14.4 Å². The summed E-state index contributed by atoms with van der Waals surface area (Å²) in [5.74, 6) is -0.453. The number of hydrogen-bond acceptors (Lipinski definition) is 3. The minimum Gasteiger partial charge on any atom is -0.341 e. The molecule has 0 aromatic rings. The number of hydrogen-bond donors (Lipinski definition) is 0. The third kappa shape index (κ3) is 2.32. The van der Waals surface area contributed by atoms with E-state index in [4.69, 9.17) is 0 Å². The maximum absolute atomic E-state index is 12.9. The molecule has 0 spiro atoms. The monoisotopic (exact) mass is 318 g/mol. The number of carbonyl (C=O) groups is 3. The first-order valence-electron chi connectivity index (χ1n) is 8.89. The Morgan fingerprint density at radius 1 is 1.09 bits per heavy atom. The molecule has 1 saturated heterocycles. The molecule has 1 aliphatic heterocycles. The molecule has 2 bridgehead atoms. The highest BCUT2D eigenvalue weighted by atomic mass is 16.2. The van der Waals surface area contributed by atoms with E-state index in [1.807, 2.05) is 20.8 Å². The van der Waals surface area contributed by atoms with Crippen molar-refractivity contribution in [2.75, 3.05) is 13.1 Å². The second-order valence-electron chi connectivity index (χ2n) is 6.82. The molecule has 1 saturated carbocycles. The summed E-state index contributed by atoms with van der Waals surface area (Å²) in [6.07, 6.45) is 6.66. The fourth-order valence-corrected chi connectivity index (χ4v) is 4.62. The van der Waals surface area contributed by atoms with Gasteiger partial charge in [-0.15, -0.1) is 0 Å². The van der Waals surface area contributed by atoms with Crippen LogP contribution in [0, 0.1) is 23.7 Å². The standard InChI is InChI=1S/C18H26N2O3/c1-4-13(16(21)19(5-2)6-3)20-17(22)14-11-7-8-12(10-9-11)15(14)18(20)23/h7-8,11-15H,4-6,9-10H2,1-3H3/t11-,12-,13+,14-,15-/m0/s1. The van der Waals surface area contributed by atoms with E-state index in [1.54, 1.807) is 4.90 Å². The summed E-state index contributed by atoms with van der Waals surface area (Å²) in [5.41, 5.74) is 0. The van der Waals surface area contributed by atoms with Gasteiger partial charge in [-0.3, -0.25) is 19.3 Å². The number of likely N-dealkylation sites (N-methyl/N-ethyl adjacent to an activating group) is 1. The predicted molar refractivity (Wildman–Crippen MR) is 86.2 cm³/mol. The smallest absolute Gasteiger partial charge is 0.245 e. The van der Waals surface area contributed by atoms with Gasteiger partial charge in [-0.2, -0.15) is 0 Å². The van der Waals surface area contributed by atoms with Gasteiger partial charge in [0.25, 0.3) is 0 Å². The van der Waals surface area contributed by atoms with E-state index in [2.05, 4.69) is 12.2 Å². The zero-order valence-corrected chi connectivity index (χ0v) is 14.2. The highest BCUT2D eigenvalue weighted by Gasteiger charge is 2.58. The second-order valence-corrected chi connectivity index (χ2v) is 6.82. The van der Waals surface area contributed by atoms with Gasteiger partial charge in [0, 0.05) is 13.1 Å². The van der Waals surface area contributed by atoms with Crippen molar-refractivity contribution in [3.05, 3.63) is 12.2 Å². The zero-order chi connectivity index (χ0) is 16.7. The van der Waals surface area contributed by atoms with E-state index in [9.17, 15) is 14.4 Å². The quantitative estimate of drug-likeness (QED) is 0.574. The van der Waals surface area contributed by atoms with E-state index in [0.29, 0.717) is 19.5 Å². The van der Waals surface area contributed by atoms with Crippen LogP contribution in [0.5, 0.6) is 0 Å². The molecule has 0 aromatic carbocycles. The van der Waals surface area contributed by atoms with E-state index in [0.717, 1.165) is 12.8 Å². The van der Waals surface area contributed by atoms with Crippen LogP contribution in [-0.2, 0) is 14.4 Å². The van der Waals surface area contributed by atoms with E-state index < -0.39 is 6.04 Å². The molecule has 0 aromatic heterocycles. The Balaban J connectivity index is 1.89. The van der Waals surface area contributed by atoms with Crippen LogP contribution >= 0.6 is 0 Å². The SMILES string of the molecule is CC[C@H](C(=O)N(CC)CC)N1C(=O)[C@@H]2[C@@H](C1=O)[C@H]1C=C[C@H]2CC1. The average molecular weight is 318 g/mol. The Morgan fingerprint density at radius 2 is 1.57 bits per heavy atom. The molecule has 0 N–H and O–H groups in total. The van der Waals surface area contributed by atoms with Crippen LogP contribution in [0.2, 0.25) is 0 Å². The molecule has 1 heterocycles. The van der Waals surface area contributed by atoms with Crippen molar-refractivity contribution in [1.29, 1.82) is 0 Å². The van der Waals surface area contributed by atoms with E-state index in [-0.39, 0.29) is 41.4 Å². The normalized spacial score (nSPS) is 33.1. The topological polar surface area (TPSA) is 57.7 Å². The number of carbonyl (C=O) groups excluding carboxylic acids is 3. The third-order valence-corrected chi connectivity index (χ3v) is 5.85. The second kappa shape index (κ2) is 6.10. The summed E-state index contributed by atoms with van der Waals surface area (Å²) < 4.78 is 0. The molecular weight excluding hydrogens is 292 g/mol. The van der Waals surface area contributed by atoms with Gasteiger partial charge in [-0.1, -0.05) is 19.1 Å². The summed E-state index contributed by atoms with van der Waals surface area (Å²) in [5, 5.41) is 0. The van der Waals surface area contributed by atoms with Gasteiger partial charge >= 0.3 is 0 Å². The Kier molecular flexibility index (Phi) is 4.30. The van der Waals surface area contributed by atoms with Gasteiger partial charge in [0.1, 0.15) is 6.04 Å². The molecule has 3 aliphatic carbocycles. The van der Waals surface area contributed by atoms with Gasteiger partial charge in [0.2, 0.25) is 17.7 Å². The fraction of sp³-hybridized carbons (Fsp3) is 0.722. The fourth-order valence-electron chi connectivity index (χ4n) is 4.62. The van der Waals surface area contributed by atoms with Crippen molar-refractivity contribution in [2.24, 2.45) is 23.7 Å². The van der Waals surface area contributed by atoms with Crippen LogP contribution in [0.4, 0.5) is 0 Å². The Morgan fingerprint density at radius 3 is 1.91 bits per heavy atom. The number of allylic oxidation sites excluding steroid dienone is 2. The van der Waals surface area contributed by atoms with Crippen molar-refractivity contribution in [3.8, 4) is 0 Å². The molecule has 23 heavy (non-hydrogen) atoms. The van der Waals surface area contributed by atoms with Gasteiger partial charge in [-0.25, -0.2) is 0 Å². The van der Waals surface area contributed by atoms with Crippen LogP contribution in [0.15, 0.2) is 12.2 Å². The summed E-state index contributed by atoms with van der Waals surface area (Å²) in [4.78, 5) is 41.7. The lowest BCUT2D eigenvalue weighted by Gasteiger charge is -2.38. The minimum atomic E-state index is -0.639. The number of rotatable bonds is 5.